The number of carboxylic acids is 1. The first-order valence-corrected chi connectivity index (χ1v) is 10.8. The lowest BCUT2D eigenvalue weighted by Crippen LogP contribution is -2.27. The van der Waals surface area contributed by atoms with E-state index in [1.165, 1.54) is 0 Å². The number of anilines is 1. The monoisotopic (exact) mass is 417 g/mol. The number of sulfonamides is 1. The Morgan fingerprint density at radius 2 is 1.93 bits per heavy atom. The summed E-state index contributed by atoms with van der Waals surface area (Å²) in [5, 5.41) is 21.6. The van der Waals surface area contributed by atoms with Crippen molar-refractivity contribution in [2.24, 2.45) is 0 Å². The second-order valence-electron chi connectivity index (χ2n) is 6.35. The van der Waals surface area contributed by atoms with Crippen LogP contribution in [-0.2, 0) is 21.2 Å². The van der Waals surface area contributed by atoms with Gasteiger partial charge in [-0.25, -0.2) is 17.9 Å². The minimum Gasteiger partial charge on any atom is -0.492 e. The highest BCUT2D eigenvalue weighted by Crippen LogP contribution is 2.30. The molecule has 0 aliphatic heterocycles. The van der Waals surface area contributed by atoms with Gasteiger partial charge in [0.15, 0.2) is 6.04 Å². The number of nitriles is 1. The van der Waals surface area contributed by atoms with Crippen LogP contribution in [-0.4, -0.2) is 38.9 Å². The number of benzene rings is 2. The number of aliphatic carboxylic acids is 1. The lowest BCUT2D eigenvalue weighted by Gasteiger charge is -2.20. The summed E-state index contributed by atoms with van der Waals surface area (Å²) in [6.45, 7) is 2.07. The normalized spacial score (nSPS) is 12.0. The molecule has 2 aromatic carbocycles. The van der Waals surface area contributed by atoms with Crippen molar-refractivity contribution in [2.75, 3.05) is 24.7 Å². The molecule has 0 aliphatic rings. The minimum atomic E-state index is -3.33. The Balaban J connectivity index is 2.27. The predicted octanol–water partition coefficient (Wildman–Crippen LogP) is 2.29. The fourth-order valence-electron chi connectivity index (χ4n) is 2.64. The second kappa shape index (κ2) is 9.91. The lowest BCUT2D eigenvalue weighted by atomic mass is 10.0. The van der Waals surface area contributed by atoms with Crippen molar-refractivity contribution in [3.8, 4) is 11.8 Å². The van der Waals surface area contributed by atoms with E-state index in [-0.39, 0.29) is 13.2 Å². The SMILES string of the molecule is CCc1ccc(OCCNS(C)(=O)=O)c(C(Nc2ccc(C#N)cc2)C(=O)O)c1. The van der Waals surface area contributed by atoms with E-state index in [0.717, 1.165) is 11.8 Å². The number of nitrogens with zero attached hydrogens (tertiary/aromatic N) is 1. The third kappa shape index (κ3) is 6.78. The molecule has 154 valence electrons. The van der Waals surface area contributed by atoms with Gasteiger partial charge in [-0.2, -0.15) is 5.26 Å². The van der Waals surface area contributed by atoms with Crippen molar-refractivity contribution in [1.29, 1.82) is 5.26 Å². The minimum absolute atomic E-state index is 0.0503. The average Bonchev–Trinajstić information content (AvgIpc) is 2.69. The number of carboxylic acid groups (broad SMARTS) is 1. The largest absolute Gasteiger partial charge is 0.492 e. The molecule has 0 spiro atoms. The first kappa shape index (κ1) is 22.2. The highest BCUT2D eigenvalue weighted by atomic mass is 32.2. The molecular formula is C20H23N3O5S. The fourth-order valence-corrected chi connectivity index (χ4v) is 3.10. The molecule has 2 rings (SSSR count). The predicted molar refractivity (Wildman–Crippen MR) is 109 cm³/mol. The molecule has 0 radical (unpaired) electrons. The maximum absolute atomic E-state index is 12.0. The van der Waals surface area contributed by atoms with Gasteiger partial charge in [0.2, 0.25) is 10.0 Å². The summed E-state index contributed by atoms with van der Waals surface area (Å²) in [5.41, 5.74) is 2.39. The van der Waals surface area contributed by atoms with E-state index in [0.29, 0.717) is 29.0 Å². The van der Waals surface area contributed by atoms with Gasteiger partial charge >= 0.3 is 5.97 Å². The van der Waals surface area contributed by atoms with E-state index in [9.17, 15) is 18.3 Å². The Morgan fingerprint density at radius 1 is 1.24 bits per heavy atom. The van der Waals surface area contributed by atoms with E-state index < -0.39 is 22.0 Å². The summed E-state index contributed by atoms with van der Waals surface area (Å²) >= 11 is 0. The summed E-state index contributed by atoms with van der Waals surface area (Å²) in [5.74, 6) is -0.743. The maximum atomic E-state index is 12.0. The van der Waals surface area contributed by atoms with Gasteiger partial charge in [-0.1, -0.05) is 13.0 Å². The topological polar surface area (TPSA) is 129 Å². The van der Waals surface area contributed by atoms with E-state index >= 15 is 0 Å². The Kier molecular flexibility index (Phi) is 7.59. The molecule has 3 N–H and O–H groups in total. The molecule has 2 aromatic rings. The van der Waals surface area contributed by atoms with Crippen molar-refractivity contribution in [3.63, 3.8) is 0 Å². The van der Waals surface area contributed by atoms with Crippen molar-refractivity contribution in [3.05, 3.63) is 59.2 Å². The van der Waals surface area contributed by atoms with Gasteiger partial charge < -0.3 is 15.2 Å². The van der Waals surface area contributed by atoms with Crippen molar-refractivity contribution in [2.45, 2.75) is 19.4 Å². The van der Waals surface area contributed by atoms with Gasteiger partial charge in [-0.3, -0.25) is 0 Å². The van der Waals surface area contributed by atoms with Crippen LogP contribution in [0.1, 0.15) is 29.7 Å². The molecule has 8 nitrogen and oxygen atoms in total. The van der Waals surface area contributed by atoms with Crippen LogP contribution in [0.25, 0.3) is 0 Å². The highest BCUT2D eigenvalue weighted by Gasteiger charge is 2.24. The molecule has 0 saturated carbocycles. The number of carbonyl (C=O) groups is 1. The van der Waals surface area contributed by atoms with Gasteiger partial charge in [0.25, 0.3) is 0 Å². The molecule has 0 bridgehead atoms. The Labute approximate surface area is 170 Å². The molecule has 0 saturated heterocycles. The molecule has 29 heavy (non-hydrogen) atoms. The zero-order valence-corrected chi connectivity index (χ0v) is 17.0. The van der Waals surface area contributed by atoms with Gasteiger partial charge in [0.1, 0.15) is 12.4 Å². The van der Waals surface area contributed by atoms with Crippen LogP contribution in [0.4, 0.5) is 5.69 Å². The zero-order chi connectivity index (χ0) is 21.4. The third-order valence-electron chi connectivity index (χ3n) is 4.09. The summed E-state index contributed by atoms with van der Waals surface area (Å²) < 4.78 is 30.3. The smallest absolute Gasteiger partial charge is 0.330 e. The first-order valence-electron chi connectivity index (χ1n) is 8.93. The summed E-state index contributed by atoms with van der Waals surface area (Å²) in [6, 6.07) is 12.7. The standard InChI is InChI=1S/C20H23N3O5S/c1-3-14-6-9-18(28-11-10-22-29(2,26)27)17(12-14)19(20(24)25)23-16-7-4-15(13-21)5-8-16/h4-9,12,19,22-23H,3,10-11H2,1-2H3,(H,24,25). The van der Waals surface area contributed by atoms with Crippen LogP contribution in [0.3, 0.4) is 0 Å². The molecule has 1 atom stereocenters. The number of hydrogen-bond acceptors (Lipinski definition) is 6. The summed E-state index contributed by atoms with van der Waals surface area (Å²) in [4.78, 5) is 12.0. The number of rotatable bonds is 10. The van der Waals surface area contributed by atoms with Gasteiger partial charge in [0.05, 0.1) is 17.9 Å². The molecule has 0 heterocycles. The van der Waals surface area contributed by atoms with Crippen LogP contribution in [0, 0.1) is 11.3 Å². The molecule has 0 aliphatic carbocycles. The molecule has 1 unspecified atom stereocenters. The van der Waals surface area contributed by atoms with Gasteiger partial charge in [-0.15, -0.1) is 0 Å². The van der Waals surface area contributed by atoms with Crippen LogP contribution in [0.15, 0.2) is 42.5 Å². The number of nitrogens with one attached hydrogen (secondary N) is 2. The fraction of sp³-hybridized carbons (Fsp3) is 0.300. The second-order valence-corrected chi connectivity index (χ2v) is 8.18. The number of ether oxygens (including phenoxy) is 1. The number of hydrogen-bond donors (Lipinski definition) is 3. The van der Waals surface area contributed by atoms with Crippen LogP contribution in [0.5, 0.6) is 5.75 Å². The Hall–Kier alpha value is -3.09. The average molecular weight is 417 g/mol. The first-order chi connectivity index (χ1) is 13.7. The van der Waals surface area contributed by atoms with Crippen molar-refractivity contribution < 1.29 is 23.1 Å². The van der Waals surface area contributed by atoms with Crippen LogP contribution < -0.4 is 14.8 Å². The molecule has 9 heteroatoms. The summed E-state index contributed by atoms with van der Waals surface area (Å²) in [7, 11) is -3.33. The van der Waals surface area contributed by atoms with Crippen molar-refractivity contribution in [1.82, 2.24) is 4.72 Å². The third-order valence-corrected chi connectivity index (χ3v) is 4.82. The molecule has 0 amide bonds. The molecular weight excluding hydrogens is 394 g/mol. The quantitative estimate of drug-likeness (QED) is 0.506. The molecule has 0 fully saturated rings. The Morgan fingerprint density at radius 3 is 2.48 bits per heavy atom. The van der Waals surface area contributed by atoms with Gasteiger partial charge in [-0.05, 0) is 48.4 Å². The van der Waals surface area contributed by atoms with E-state index in [4.69, 9.17) is 10.00 Å². The highest BCUT2D eigenvalue weighted by molar-refractivity contribution is 7.88. The zero-order valence-electron chi connectivity index (χ0n) is 16.2. The van der Waals surface area contributed by atoms with E-state index in [1.54, 1.807) is 36.4 Å². The van der Waals surface area contributed by atoms with Gasteiger partial charge in [0, 0.05) is 17.8 Å². The number of aryl methyl sites for hydroxylation is 1. The van der Waals surface area contributed by atoms with Crippen molar-refractivity contribution >= 4 is 21.7 Å². The Bertz CT molecular complexity index is 998. The molecule has 0 aromatic heterocycles. The summed E-state index contributed by atoms with van der Waals surface area (Å²) in [6.07, 6.45) is 1.77. The van der Waals surface area contributed by atoms with E-state index in [1.807, 2.05) is 19.1 Å². The van der Waals surface area contributed by atoms with Crippen LogP contribution in [0.2, 0.25) is 0 Å². The van der Waals surface area contributed by atoms with Crippen LogP contribution >= 0.6 is 0 Å². The van der Waals surface area contributed by atoms with E-state index in [2.05, 4.69) is 10.0 Å². The lowest BCUT2D eigenvalue weighted by molar-refractivity contribution is -0.138. The maximum Gasteiger partial charge on any atom is 0.330 e.